The molecule has 0 aliphatic rings. The third-order valence-electron chi connectivity index (χ3n) is 4.32. The highest BCUT2D eigenvalue weighted by molar-refractivity contribution is 5.79. The van der Waals surface area contributed by atoms with Gasteiger partial charge in [0.1, 0.15) is 0 Å². The Kier molecular flexibility index (Phi) is 6.58. The van der Waals surface area contributed by atoms with Gasteiger partial charge in [-0.25, -0.2) is 4.99 Å². The molecular weight excluding hydrogens is 314 g/mol. The van der Waals surface area contributed by atoms with E-state index >= 15 is 0 Å². The van der Waals surface area contributed by atoms with Crippen LogP contribution in [0.4, 0.5) is 0 Å². The normalized spacial score (nSPS) is 13.0. The first-order valence-corrected chi connectivity index (χ1v) is 8.68. The van der Waals surface area contributed by atoms with Crippen molar-refractivity contribution in [3.8, 4) is 0 Å². The van der Waals surface area contributed by atoms with Crippen LogP contribution >= 0.6 is 0 Å². The molecule has 136 valence electrons. The molecule has 1 aromatic carbocycles. The molecule has 0 aliphatic carbocycles. The number of aliphatic imine (C=N–C) groups is 1. The van der Waals surface area contributed by atoms with Crippen LogP contribution in [0.5, 0.6) is 0 Å². The van der Waals surface area contributed by atoms with Crippen LogP contribution in [0.1, 0.15) is 41.1 Å². The number of hydrogen-bond donors (Lipinski definition) is 3. The van der Waals surface area contributed by atoms with Crippen molar-refractivity contribution in [1.82, 2.24) is 20.4 Å². The molecule has 0 fully saturated rings. The molecule has 2 rings (SSSR count). The number of nitrogens with one attached hydrogen (secondary N) is 2. The maximum absolute atomic E-state index is 10.3. The first-order valence-electron chi connectivity index (χ1n) is 8.68. The Balaban J connectivity index is 2.01. The summed E-state index contributed by atoms with van der Waals surface area (Å²) in [5.41, 5.74) is 5.34. The summed E-state index contributed by atoms with van der Waals surface area (Å²) in [5, 5.41) is 21.2. The topological polar surface area (TPSA) is 74.5 Å². The van der Waals surface area contributed by atoms with Crippen LogP contribution < -0.4 is 10.6 Å². The summed E-state index contributed by atoms with van der Waals surface area (Å²) in [6.07, 6.45) is -0.577. The van der Waals surface area contributed by atoms with E-state index < -0.39 is 6.10 Å². The highest BCUT2D eigenvalue weighted by atomic mass is 16.3. The van der Waals surface area contributed by atoms with E-state index in [4.69, 9.17) is 0 Å². The van der Waals surface area contributed by atoms with Crippen molar-refractivity contribution in [1.29, 1.82) is 0 Å². The van der Waals surface area contributed by atoms with Crippen molar-refractivity contribution in [2.24, 2.45) is 12.0 Å². The van der Waals surface area contributed by atoms with E-state index in [9.17, 15) is 5.11 Å². The minimum absolute atomic E-state index is 0.403. The van der Waals surface area contributed by atoms with Crippen LogP contribution in [0.25, 0.3) is 0 Å². The minimum Gasteiger partial charge on any atom is -0.387 e. The van der Waals surface area contributed by atoms with Crippen molar-refractivity contribution in [2.75, 3.05) is 13.1 Å². The van der Waals surface area contributed by atoms with E-state index in [0.29, 0.717) is 19.0 Å². The number of aliphatic hydroxyl groups is 1. The van der Waals surface area contributed by atoms with E-state index in [0.717, 1.165) is 29.1 Å². The quantitative estimate of drug-likeness (QED) is 0.555. The number of guanidine groups is 1. The van der Waals surface area contributed by atoms with Gasteiger partial charge >= 0.3 is 0 Å². The molecule has 0 aliphatic heterocycles. The summed E-state index contributed by atoms with van der Waals surface area (Å²) in [5.74, 6) is 0.691. The SMILES string of the molecule is CCNC(=NCc1c(C)nn(C)c1C)NCC(O)c1ccc(C)cc1. The predicted octanol–water partition coefficient (Wildman–Crippen LogP) is 2.13. The molecule has 3 N–H and O–H groups in total. The fourth-order valence-corrected chi connectivity index (χ4v) is 2.65. The zero-order valence-corrected chi connectivity index (χ0v) is 15.8. The summed E-state index contributed by atoms with van der Waals surface area (Å²) in [7, 11) is 1.94. The Morgan fingerprint density at radius 2 is 1.88 bits per heavy atom. The van der Waals surface area contributed by atoms with Gasteiger partial charge in [-0.1, -0.05) is 29.8 Å². The molecule has 25 heavy (non-hydrogen) atoms. The van der Waals surface area contributed by atoms with E-state index in [-0.39, 0.29) is 0 Å². The van der Waals surface area contributed by atoms with Gasteiger partial charge in [-0.2, -0.15) is 5.10 Å². The molecule has 1 unspecified atom stereocenters. The van der Waals surface area contributed by atoms with Crippen LogP contribution in [0, 0.1) is 20.8 Å². The lowest BCUT2D eigenvalue weighted by atomic mass is 10.1. The molecule has 1 heterocycles. The second-order valence-electron chi connectivity index (χ2n) is 6.28. The molecule has 1 aromatic heterocycles. The molecule has 6 heteroatoms. The van der Waals surface area contributed by atoms with Gasteiger partial charge in [0, 0.05) is 31.4 Å². The third kappa shape index (κ3) is 5.06. The fourth-order valence-electron chi connectivity index (χ4n) is 2.65. The second kappa shape index (κ2) is 8.67. The Morgan fingerprint density at radius 3 is 2.44 bits per heavy atom. The standard InChI is InChI=1S/C19H29N5O/c1-6-20-19(21-11-17-14(3)23-24(5)15(17)4)22-12-18(25)16-9-7-13(2)8-10-16/h7-10,18,25H,6,11-12H2,1-5H3,(H2,20,21,22). The summed E-state index contributed by atoms with van der Waals surface area (Å²) in [6.45, 7) is 9.82. The van der Waals surface area contributed by atoms with Gasteiger partial charge in [0.2, 0.25) is 0 Å². The minimum atomic E-state index is -0.577. The molecule has 2 aromatic rings. The Bertz CT molecular complexity index is 718. The highest BCUT2D eigenvalue weighted by Crippen LogP contribution is 2.14. The lowest BCUT2D eigenvalue weighted by Gasteiger charge is -2.16. The summed E-state index contributed by atoms with van der Waals surface area (Å²) >= 11 is 0. The largest absolute Gasteiger partial charge is 0.387 e. The van der Waals surface area contributed by atoms with Crippen molar-refractivity contribution in [3.63, 3.8) is 0 Å². The van der Waals surface area contributed by atoms with Crippen molar-refractivity contribution in [3.05, 3.63) is 52.3 Å². The first-order chi connectivity index (χ1) is 11.9. The number of rotatable bonds is 6. The summed E-state index contributed by atoms with van der Waals surface area (Å²) < 4.78 is 1.88. The molecule has 0 bridgehead atoms. The number of aliphatic hydroxyl groups excluding tert-OH is 1. The van der Waals surface area contributed by atoms with E-state index in [1.165, 1.54) is 5.56 Å². The van der Waals surface area contributed by atoms with Crippen LogP contribution in [0.15, 0.2) is 29.3 Å². The van der Waals surface area contributed by atoms with Gasteiger partial charge in [-0.3, -0.25) is 4.68 Å². The maximum atomic E-state index is 10.3. The highest BCUT2D eigenvalue weighted by Gasteiger charge is 2.11. The molecule has 1 atom stereocenters. The van der Waals surface area contributed by atoms with E-state index in [1.807, 2.05) is 63.7 Å². The fraction of sp³-hybridized carbons (Fsp3) is 0.474. The molecule has 0 spiro atoms. The molecule has 6 nitrogen and oxygen atoms in total. The van der Waals surface area contributed by atoms with Gasteiger partial charge in [-0.15, -0.1) is 0 Å². The third-order valence-corrected chi connectivity index (χ3v) is 4.32. The average Bonchev–Trinajstić information content (AvgIpc) is 2.83. The smallest absolute Gasteiger partial charge is 0.191 e. The summed E-state index contributed by atoms with van der Waals surface area (Å²) in [4.78, 5) is 4.63. The first kappa shape index (κ1) is 19.0. The number of nitrogens with zero attached hydrogens (tertiary/aromatic N) is 3. The number of aryl methyl sites for hydroxylation is 3. The van der Waals surface area contributed by atoms with Crippen LogP contribution in [-0.2, 0) is 13.6 Å². The predicted molar refractivity (Wildman–Crippen MR) is 102 cm³/mol. The lowest BCUT2D eigenvalue weighted by Crippen LogP contribution is -2.39. The van der Waals surface area contributed by atoms with Gasteiger partial charge in [0.05, 0.1) is 18.3 Å². The van der Waals surface area contributed by atoms with Crippen LogP contribution in [0.3, 0.4) is 0 Å². The number of benzene rings is 1. The van der Waals surface area contributed by atoms with Crippen LogP contribution in [-0.4, -0.2) is 33.9 Å². The monoisotopic (exact) mass is 343 g/mol. The Hall–Kier alpha value is -2.34. The van der Waals surface area contributed by atoms with Gasteiger partial charge in [0.15, 0.2) is 5.96 Å². The second-order valence-corrected chi connectivity index (χ2v) is 6.28. The molecule has 0 amide bonds. The average molecular weight is 343 g/mol. The van der Waals surface area contributed by atoms with E-state index in [1.54, 1.807) is 0 Å². The molecule has 0 saturated carbocycles. The van der Waals surface area contributed by atoms with Gasteiger partial charge < -0.3 is 15.7 Å². The zero-order chi connectivity index (χ0) is 18.4. The zero-order valence-electron chi connectivity index (χ0n) is 15.8. The van der Waals surface area contributed by atoms with Gasteiger partial charge in [-0.05, 0) is 33.3 Å². The number of hydrogen-bond acceptors (Lipinski definition) is 3. The molecule has 0 radical (unpaired) electrons. The van der Waals surface area contributed by atoms with Crippen molar-refractivity contribution in [2.45, 2.75) is 40.3 Å². The Labute approximate surface area is 150 Å². The molecular formula is C19H29N5O. The number of aromatic nitrogens is 2. The van der Waals surface area contributed by atoms with Crippen molar-refractivity contribution < 1.29 is 5.11 Å². The maximum Gasteiger partial charge on any atom is 0.191 e. The van der Waals surface area contributed by atoms with Crippen LogP contribution in [0.2, 0.25) is 0 Å². The van der Waals surface area contributed by atoms with Gasteiger partial charge in [0.25, 0.3) is 0 Å². The van der Waals surface area contributed by atoms with E-state index in [2.05, 4.69) is 20.7 Å². The molecule has 0 saturated heterocycles. The summed E-state index contributed by atoms with van der Waals surface area (Å²) in [6, 6.07) is 7.92. The van der Waals surface area contributed by atoms with Crippen molar-refractivity contribution >= 4 is 5.96 Å². The Morgan fingerprint density at radius 1 is 1.20 bits per heavy atom. The lowest BCUT2D eigenvalue weighted by molar-refractivity contribution is 0.181.